The second-order valence-corrected chi connectivity index (χ2v) is 6.35. The molecule has 2 rings (SSSR count). The summed E-state index contributed by atoms with van der Waals surface area (Å²) in [5.41, 5.74) is 0. The molecule has 0 aliphatic carbocycles. The molecule has 1 fully saturated rings. The van der Waals surface area contributed by atoms with Crippen LogP contribution in [0.5, 0.6) is 5.75 Å². The van der Waals surface area contributed by atoms with Crippen molar-refractivity contribution in [3.05, 3.63) is 29.3 Å². The maximum atomic E-state index is 9.16. The van der Waals surface area contributed by atoms with E-state index in [2.05, 4.69) is 21.9 Å². The fourth-order valence-electron chi connectivity index (χ4n) is 2.79. The standard InChI is InChI=1S/C18H23ClN4O/c19-17-5-1-2-6-18(17)24-13-12-22-8-10-23(11-9-22)15-16(14-21)4-3-7-20/h1-2,5-6,16H,3-4,8-13,15H2. The zero-order chi connectivity index (χ0) is 17.2. The highest BCUT2D eigenvalue weighted by Gasteiger charge is 2.19. The molecule has 1 aromatic rings. The Bertz CT molecular complexity index is 587. The number of piperazine rings is 1. The van der Waals surface area contributed by atoms with Crippen LogP contribution < -0.4 is 4.74 Å². The number of benzene rings is 1. The van der Waals surface area contributed by atoms with Gasteiger partial charge >= 0.3 is 0 Å². The summed E-state index contributed by atoms with van der Waals surface area (Å²) < 4.78 is 5.73. The monoisotopic (exact) mass is 346 g/mol. The number of ether oxygens (including phenoxy) is 1. The van der Waals surface area contributed by atoms with Gasteiger partial charge in [-0.2, -0.15) is 10.5 Å². The Morgan fingerprint density at radius 2 is 1.83 bits per heavy atom. The smallest absolute Gasteiger partial charge is 0.137 e. The Hall–Kier alpha value is -1.79. The zero-order valence-electron chi connectivity index (χ0n) is 13.8. The average Bonchev–Trinajstić information content (AvgIpc) is 2.61. The van der Waals surface area contributed by atoms with Gasteiger partial charge in [-0.05, 0) is 18.6 Å². The molecule has 1 heterocycles. The first-order valence-electron chi connectivity index (χ1n) is 8.31. The van der Waals surface area contributed by atoms with Gasteiger partial charge in [0.25, 0.3) is 0 Å². The van der Waals surface area contributed by atoms with Crippen molar-refractivity contribution in [3.8, 4) is 17.9 Å². The van der Waals surface area contributed by atoms with Crippen molar-refractivity contribution in [2.75, 3.05) is 45.9 Å². The highest BCUT2D eigenvalue weighted by Crippen LogP contribution is 2.22. The molecule has 0 saturated carbocycles. The molecule has 0 N–H and O–H groups in total. The van der Waals surface area contributed by atoms with Gasteiger partial charge in [-0.1, -0.05) is 23.7 Å². The van der Waals surface area contributed by atoms with Crippen LogP contribution in [-0.4, -0.2) is 55.7 Å². The summed E-state index contributed by atoms with van der Waals surface area (Å²) in [5.74, 6) is 0.687. The topological polar surface area (TPSA) is 63.3 Å². The molecule has 0 bridgehead atoms. The first kappa shape index (κ1) is 18.5. The molecule has 6 heteroatoms. The molecule has 24 heavy (non-hydrogen) atoms. The average molecular weight is 347 g/mol. The van der Waals surface area contributed by atoms with E-state index in [9.17, 15) is 0 Å². The Morgan fingerprint density at radius 1 is 1.12 bits per heavy atom. The SMILES string of the molecule is N#CCCC(C#N)CN1CCN(CCOc2ccccc2Cl)CC1. The summed E-state index contributed by atoms with van der Waals surface area (Å²) in [7, 11) is 0. The van der Waals surface area contributed by atoms with Gasteiger partial charge in [0.1, 0.15) is 12.4 Å². The summed E-state index contributed by atoms with van der Waals surface area (Å²) in [4.78, 5) is 4.68. The van der Waals surface area contributed by atoms with Crippen LogP contribution in [0.2, 0.25) is 5.02 Å². The molecule has 1 aromatic carbocycles. The van der Waals surface area contributed by atoms with Crippen molar-refractivity contribution < 1.29 is 4.74 Å². The van der Waals surface area contributed by atoms with E-state index in [1.165, 1.54) is 0 Å². The van der Waals surface area contributed by atoms with Crippen molar-refractivity contribution in [2.45, 2.75) is 12.8 Å². The van der Waals surface area contributed by atoms with E-state index in [0.29, 0.717) is 24.5 Å². The molecular weight excluding hydrogens is 324 g/mol. The number of para-hydroxylation sites is 1. The predicted molar refractivity (Wildman–Crippen MR) is 93.8 cm³/mol. The number of nitriles is 2. The minimum Gasteiger partial charge on any atom is -0.491 e. The normalized spacial score (nSPS) is 17.0. The number of nitrogens with zero attached hydrogens (tertiary/aromatic N) is 4. The maximum Gasteiger partial charge on any atom is 0.137 e. The van der Waals surface area contributed by atoms with Crippen LogP contribution in [0.15, 0.2) is 24.3 Å². The molecule has 1 saturated heterocycles. The third-order valence-corrected chi connectivity index (χ3v) is 4.54. The van der Waals surface area contributed by atoms with Gasteiger partial charge in [0.05, 0.1) is 23.1 Å². The molecule has 0 radical (unpaired) electrons. The Morgan fingerprint density at radius 3 is 2.50 bits per heavy atom. The summed E-state index contributed by atoms with van der Waals surface area (Å²) in [6, 6.07) is 11.9. The van der Waals surface area contributed by atoms with Crippen molar-refractivity contribution in [3.63, 3.8) is 0 Å². The minimum atomic E-state index is -0.0419. The van der Waals surface area contributed by atoms with Crippen LogP contribution in [0.1, 0.15) is 12.8 Å². The van der Waals surface area contributed by atoms with Crippen LogP contribution in [0.25, 0.3) is 0 Å². The summed E-state index contributed by atoms with van der Waals surface area (Å²) in [6.07, 6.45) is 1.12. The molecule has 0 aromatic heterocycles. The molecule has 1 aliphatic rings. The Labute approximate surface area is 149 Å². The molecule has 0 spiro atoms. The minimum absolute atomic E-state index is 0.0419. The van der Waals surface area contributed by atoms with E-state index >= 15 is 0 Å². The van der Waals surface area contributed by atoms with Crippen molar-refractivity contribution in [1.29, 1.82) is 10.5 Å². The lowest BCUT2D eigenvalue weighted by molar-refractivity contribution is 0.110. The molecule has 128 valence electrons. The van der Waals surface area contributed by atoms with Crippen LogP contribution in [0.4, 0.5) is 0 Å². The number of rotatable bonds is 8. The second kappa shape index (κ2) is 10.2. The van der Waals surface area contributed by atoms with E-state index in [4.69, 9.17) is 26.9 Å². The lowest BCUT2D eigenvalue weighted by Crippen LogP contribution is -2.48. The lowest BCUT2D eigenvalue weighted by atomic mass is 10.0. The van der Waals surface area contributed by atoms with E-state index in [0.717, 1.165) is 45.0 Å². The molecule has 1 unspecified atom stereocenters. The highest BCUT2D eigenvalue weighted by molar-refractivity contribution is 6.32. The van der Waals surface area contributed by atoms with Crippen LogP contribution in [0, 0.1) is 28.6 Å². The molecule has 5 nitrogen and oxygen atoms in total. The van der Waals surface area contributed by atoms with E-state index in [1.807, 2.05) is 24.3 Å². The largest absolute Gasteiger partial charge is 0.491 e. The van der Waals surface area contributed by atoms with Crippen LogP contribution in [-0.2, 0) is 0 Å². The van der Waals surface area contributed by atoms with Crippen molar-refractivity contribution in [2.24, 2.45) is 5.92 Å². The molecular formula is C18H23ClN4O. The number of hydrogen-bond acceptors (Lipinski definition) is 5. The summed E-state index contributed by atoms with van der Waals surface area (Å²) in [5, 5.41) is 18.4. The van der Waals surface area contributed by atoms with Crippen LogP contribution in [0.3, 0.4) is 0 Å². The van der Waals surface area contributed by atoms with Gasteiger partial charge in [-0.3, -0.25) is 9.80 Å². The second-order valence-electron chi connectivity index (χ2n) is 5.94. The quantitative estimate of drug-likeness (QED) is 0.724. The fourth-order valence-corrected chi connectivity index (χ4v) is 2.98. The number of halogens is 1. The van der Waals surface area contributed by atoms with Gasteiger partial charge in [0.2, 0.25) is 0 Å². The lowest BCUT2D eigenvalue weighted by Gasteiger charge is -2.35. The van der Waals surface area contributed by atoms with E-state index in [1.54, 1.807) is 0 Å². The van der Waals surface area contributed by atoms with E-state index in [-0.39, 0.29) is 5.92 Å². The van der Waals surface area contributed by atoms with Gasteiger partial charge in [0, 0.05) is 45.7 Å². The van der Waals surface area contributed by atoms with Gasteiger partial charge < -0.3 is 4.74 Å². The molecule has 0 amide bonds. The van der Waals surface area contributed by atoms with Gasteiger partial charge in [-0.25, -0.2) is 0 Å². The van der Waals surface area contributed by atoms with Gasteiger partial charge in [-0.15, -0.1) is 0 Å². The summed E-state index contributed by atoms with van der Waals surface area (Å²) >= 11 is 6.07. The highest BCUT2D eigenvalue weighted by atomic mass is 35.5. The third kappa shape index (κ3) is 6.02. The zero-order valence-corrected chi connectivity index (χ0v) is 14.6. The van der Waals surface area contributed by atoms with Crippen LogP contribution >= 0.6 is 11.6 Å². The Kier molecular flexibility index (Phi) is 7.85. The third-order valence-electron chi connectivity index (χ3n) is 4.23. The maximum absolute atomic E-state index is 9.16. The first-order valence-corrected chi connectivity index (χ1v) is 8.69. The van der Waals surface area contributed by atoms with Crippen molar-refractivity contribution >= 4 is 11.6 Å². The van der Waals surface area contributed by atoms with Crippen molar-refractivity contribution in [1.82, 2.24) is 9.80 Å². The summed E-state index contributed by atoms with van der Waals surface area (Å²) in [6.45, 7) is 6.11. The van der Waals surface area contributed by atoms with E-state index < -0.39 is 0 Å². The molecule has 1 atom stereocenters. The number of hydrogen-bond donors (Lipinski definition) is 0. The Balaban J connectivity index is 1.65. The van der Waals surface area contributed by atoms with Gasteiger partial charge in [0.15, 0.2) is 0 Å². The predicted octanol–water partition coefficient (Wildman–Crippen LogP) is 2.78. The first-order chi connectivity index (χ1) is 11.7. The fraction of sp³-hybridized carbons (Fsp3) is 0.556. The molecule has 1 aliphatic heterocycles.